The average Bonchev–Trinajstić information content (AvgIpc) is 2.73. The lowest BCUT2D eigenvalue weighted by atomic mass is 9.83. The lowest BCUT2D eigenvalue weighted by Gasteiger charge is -2.27. The van der Waals surface area contributed by atoms with Gasteiger partial charge in [0.15, 0.2) is 5.78 Å². The number of benzene rings is 1. The van der Waals surface area contributed by atoms with Crippen molar-refractivity contribution in [3.8, 4) is 0 Å². The molecule has 0 heterocycles. The van der Waals surface area contributed by atoms with Gasteiger partial charge in [0.25, 0.3) is 0 Å². The van der Waals surface area contributed by atoms with Crippen molar-refractivity contribution in [3.63, 3.8) is 0 Å². The van der Waals surface area contributed by atoms with Crippen molar-refractivity contribution in [2.45, 2.75) is 23.9 Å². The van der Waals surface area contributed by atoms with Gasteiger partial charge in [-0.3, -0.25) is 4.79 Å². The standard InChI is InChI=1S/C14H10F6O3/c15-13(16,17)8-3-7(4-9(5-8)14(18,19)20)11-10(22)1-2-12(11,23)6-21/h1-5,11,21,23H,6H2/t11?,12-/m1/s1. The Morgan fingerprint density at radius 3 is 1.87 bits per heavy atom. The molecule has 2 atom stereocenters. The van der Waals surface area contributed by atoms with E-state index in [0.29, 0.717) is 12.1 Å². The third kappa shape index (κ3) is 3.25. The van der Waals surface area contributed by atoms with Crippen LogP contribution < -0.4 is 0 Å². The lowest BCUT2D eigenvalue weighted by molar-refractivity contribution is -0.143. The zero-order chi connectivity index (χ0) is 17.6. The van der Waals surface area contributed by atoms with Gasteiger partial charge in [-0.25, -0.2) is 0 Å². The smallest absolute Gasteiger partial charge is 0.393 e. The molecule has 9 heteroatoms. The molecule has 0 saturated carbocycles. The van der Waals surface area contributed by atoms with Crippen LogP contribution in [0.5, 0.6) is 0 Å². The SMILES string of the molecule is O=C1C=C[C@@](O)(CO)C1c1cc(C(F)(F)F)cc(C(F)(F)F)c1. The molecule has 0 amide bonds. The van der Waals surface area contributed by atoms with Crippen LogP contribution in [0, 0.1) is 0 Å². The highest BCUT2D eigenvalue weighted by Crippen LogP contribution is 2.41. The topological polar surface area (TPSA) is 57.5 Å². The number of halogens is 6. The van der Waals surface area contributed by atoms with Crippen LogP contribution in [-0.4, -0.2) is 28.2 Å². The molecule has 0 saturated heterocycles. The average molecular weight is 340 g/mol. The number of carbonyl (C=O) groups is 1. The molecule has 2 rings (SSSR count). The maximum absolute atomic E-state index is 12.8. The van der Waals surface area contributed by atoms with E-state index in [1.54, 1.807) is 0 Å². The summed E-state index contributed by atoms with van der Waals surface area (Å²) in [6, 6.07) is 0.658. The lowest BCUT2D eigenvalue weighted by Crippen LogP contribution is -2.38. The van der Waals surface area contributed by atoms with E-state index >= 15 is 0 Å². The second-order valence-corrected chi connectivity index (χ2v) is 5.16. The zero-order valence-electron chi connectivity index (χ0n) is 11.2. The summed E-state index contributed by atoms with van der Waals surface area (Å²) in [6.07, 6.45) is -8.47. The Labute approximate surface area is 125 Å². The van der Waals surface area contributed by atoms with Gasteiger partial charge in [0.2, 0.25) is 0 Å². The summed E-state index contributed by atoms with van der Waals surface area (Å²) in [4.78, 5) is 11.8. The fourth-order valence-corrected chi connectivity index (χ4v) is 2.41. The van der Waals surface area contributed by atoms with Crippen molar-refractivity contribution in [3.05, 3.63) is 47.0 Å². The molecular weight excluding hydrogens is 330 g/mol. The van der Waals surface area contributed by atoms with Crippen LogP contribution in [0.1, 0.15) is 22.6 Å². The fraction of sp³-hybridized carbons (Fsp3) is 0.357. The van der Waals surface area contributed by atoms with Gasteiger partial charge < -0.3 is 10.2 Å². The van der Waals surface area contributed by atoms with Gasteiger partial charge in [-0.1, -0.05) is 0 Å². The molecule has 1 aliphatic rings. The fourth-order valence-electron chi connectivity index (χ4n) is 2.41. The molecule has 2 N–H and O–H groups in total. The van der Waals surface area contributed by atoms with Crippen molar-refractivity contribution in [1.29, 1.82) is 0 Å². The number of alkyl halides is 6. The van der Waals surface area contributed by atoms with E-state index in [-0.39, 0.29) is 6.07 Å². The van der Waals surface area contributed by atoms with Crippen molar-refractivity contribution < 1.29 is 41.4 Å². The third-order valence-corrected chi connectivity index (χ3v) is 3.52. The van der Waals surface area contributed by atoms with E-state index in [1.165, 1.54) is 0 Å². The van der Waals surface area contributed by atoms with Crippen LogP contribution in [0.2, 0.25) is 0 Å². The number of allylic oxidation sites excluding steroid dienone is 1. The van der Waals surface area contributed by atoms with Crippen molar-refractivity contribution in [2.75, 3.05) is 6.61 Å². The minimum absolute atomic E-state index is 0.0750. The maximum Gasteiger partial charge on any atom is 0.416 e. The summed E-state index contributed by atoms with van der Waals surface area (Å²) in [7, 11) is 0. The van der Waals surface area contributed by atoms with E-state index in [2.05, 4.69) is 0 Å². The highest BCUT2D eigenvalue weighted by Gasteiger charge is 2.45. The Morgan fingerprint density at radius 1 is 1.00 bits per heavy atom. The third-order valence-electron chi connectivity index (χ3n) is 3.52. The second kappa shape index (κ2) is 5.34. The van der Waals surface area contributed by atoms with Gasteiger partial charge in [0.1, 0.15) is 5.60 Å². The predicted octanol–water partition coefficient (Wildman–Crippen LogP) is 2.67. The summed E-state index contributed by atoms with van der Waals surface area (Å²) < 4.78 is 76.9. The first-order valence-electron chi connectivity index (χ1n) is 6.24. The summed E-state index contributed by atoms with van der Waals surface area (Å²) >= 11 is 0. The Morgan fingerprint density at radius 2 is 1.48 bits per heavy atom. The number of hydrogen-bond donors (Lipinski definition) is 2. The van der Waals surface area contributed by atoms with E-state index in [4.69, 9.17) is 5.11 Å². The molecule has 23 heavy (non-hydrogen) atoms. The molecule has 126 valence electrons. The maximum atomic E-state index is 12.8. The molecule has 1 unspecified atom stereocenters. The molecule has 0 spiro atoms. The highest BCUT2D eigenvalue weighted by molar-refractivity contribution is 6.00. The van der Waals surface area contributed by atoms with E-state index in [0.717, 1.165) is 12.2 Å². The minimum Gasteiger partial charge on any atom is -0.393 e. The van der Waals surface area contributed by atoms with Crippen LogP contribution in [0.3, 0.4) is 0 Å². The van der Waals surface area contributed by atoms with Crippen molar-refractivity contribution in [2.24, 2.45) is 0 Å². The first kappa shape index (κ1) is 17.5. The molecule has 1 aliphatic carbocycles. The molecule has 0 bridgehead atoms. The van der Waals surface area contributed by atoms with Gasteiger partial charge >= 0.3 is 12.4 Å². The molecular formula is C14H10F6O3. The van der Waals surface area contributed by atoms with Gasteiger partial charge in [-0.05, 0) is 35.9 Å². The Hall–Kier alpha value is -1.87. The summed E-state index contributed by atoms with van der Waals surface area (Å²) in [5.41, 5.74) is -6.10. The molecule has 0 aliphatic heterocycles. The van der Waals surface area contributed by atoms with Crippen molar-refractivity contribution >= 4 is 5.78 Å². The molecule has 1 aromatic rings. The number of ketones is 1. The minimum atomic E-state index is -5.07. The van der Waals surface area contributed by atoms with Crippen LogP contribution in [-0.2, 0) is 17.1 Å². The highest BCUT2D eigenvalue weighted by atomic mass is 19.4. The predicted molar refractivity (Wildman–Crippen MR) is 65.4 cm³/mol. The summed E-state index contributed by atoms with van der Waals surface area (Å²) in [5, 5.41) is 19.2. The molecule has 0 aromatic heterocycles. The second-order valence-electron chi connectivity index (χ2n) is 5.16. The van der Waals surface area contributed by atoms with Crippen LogP contribution in [0.15, 0.2) is 30.4 Å². The van der Waals surface area contributed by atoms with Crippen molar-refractivity contribution in [1.82, 2.24) is 0 Å². The normalized spacial score (nSPS) is 25.2. The molecule has 3 nitrogen and oxygen atoms in total. The Balaban J connectivity index is 2.65. The van der Waals surface area contributed by atoms with Gasteiger partial charge in [0.05, 0.1) is 23.7 Å². The first-order chi connectivity index (χ1) is 10.4. The van der Waals surface area contributed by atoms with Crippen LogP contribution >= 0.6 is 0 Å². The number of hydrogen-bond acceptors (Lipinski definition) is 3. The number of rotatable bonds is 2. The number of aliphatic hydroxyl groups is 2. The molecule has 1 aromatic carbocycles. The van der Waals surface area contributed by atoms with E-state index in [9.17, 15) is 36.2 Å². The number of carbonyl (C=O) groups excluding carboxylic acids is 1. The Bertz CT molecular complexity index is 629. The van der Waals surface area contributed by atoms with E-state index < -0.39 is 53.0 Å². The van der Waals surface area contributed by atoms with Gasteiger partial charge in [-0.15, -0.1) is 0 Å². The van der Waals surface area contributed by atoms with Gasteiger partial charge in [-0.2, -0.15) is 26.3 Å². The monoisotopic (exact) mass is 340 g/mol. The van der Waals surface area contributed by atoms with Gasteiger partial charge in [0, 0.05) is 0 Å². The summed E-state index contributed by atoms with van der Waals surface area (Å²) in [6.45, 7) is -1.03. The first-order valence-corrected chi connectivity index (χ1v) is 6.24. The van der Waals surface area contributed by atoms with Crippen LogP contribution in [0.25, 0.3) is 0 Å². The van der Waals surface area contributed by atoms with E-state index in [1.807, 2.05) is 0 Å². The van der Waals surface area contributed by atoms with Crippen LogP contribution in [0.4, 0.5) is 26.3 Å². The zero-order valence-corrected chi connectivity index (χ0v) is 11.2. The summed E-state index contributed by atoms with van der Waals surface area (Å²) in [5.74, 6) is -2.63. The number of aliphatic hydroxyl groups excluding tert-OH is 1. The molecule has 0 fully saturated rings. The quantitative estimate of drug-likeness (QED) is 0.814. The largest absolute Gasteiger partial charge is 0.416 e. The molecule has 0 radical (unpaired) electrons. The Kier molecular flexibility index (Phi) is 4.06.